The van der Waals surface area contributed by atoms with Gasteiger partial charge in [0.25, 0.3) is 0 Å². The summed E-state index contributed by atoms with van der Waals surface area (Å²) in [6, 6.07) is -0.773. The van der Waals surface area contributed by atoms with Gasteiger partial charge in [0, 0.05) is 12.0 Å². The highest BCUT2D eigenvalue weighted by Gasteiger charge is 2.27. The van der Waals surface area contributed by atoms with Gasteiger partial charge in [-0.05, 0) is 53.9 Å². The largest absolute Gasteiger partial charge is 0.463 e. The number of carbonyl (C=O) groups excluding carboxylic acids is 3. The summed E-state index contributed by atoms with van der Waals surface area (Å²) in [7, 11) is 0. The van der Waals surface area contributed by atoms with E-state index in [0.717, 1.165) is 12.8 Å². The number of rotatable bonds is 10. The number of nitrogens with one attached hydrogen (secondary N) is 1. The first-order chi connectivity index (χ1) is 12.1. The SMILES string of the molecule is CC/C=C\CCC(/C=C/C(=O)OCC)C(NC(=O)OC(C)(C)C)C(C)=O. The van der Waals surface area contributed by atoms with Crippen LogP contribution in [0.1, 0.15) is 60.8 Å². The molecule has 2 unspecified atom stereocenters. The van der Waals surface area contributed by atoms with Gasteiger partial charge in [0.15, 0.2) is 5.78 Å². The maximum absolute atomic E-state index is 12.1. The Balaban J connectivity index is 5.25. The molecule has 0 spiro atoms. The molecule has 26 heavy (non-hydrogen) atoms. The first-order valence-corrected chi connectivity index (χ1v) is 9.10. The fourth-order valence-corrected chi connectivity index (χ4v) is 2.28. The van der Waals surface area contributed by atoms with Crippen molar-refractivity contribution < 1.29 is 23.9 Å². The van der Waals surface area contributed by atoms with E-state index >= 15 is 0 Å². The highest BCUT2D eigenvalue weighted by molar-refractivity contribution is 5.86. The minimum Gasteiger partial charge on any atom is -0.463 e. The van der Waals surface area contributed by atoms with Gasteiger partial charge in [0.05, 0.1) is 12.6 Å². The molecule has 0 radical (unpaired) electrons. The number of alkyl carbamates (subject to hydrolysis) is 1. The molecule has 0 aromatic rings. The third-order valence-corrected chi connectivity index (χ3v) is 3.37. The Morgan fingerprint density at radius 2 is 1.77 bits per heavy atom. The molecule has 6 heteroatoms. The summed E-state index contributed by atoms with van der Waals surface area (Å²) < 4.78 is 10.1. The number of ketones is 1. The van der Waals surface area contributed by atoms with Crippen LogP contribution in [0.2, 0.25) is 0 Å². The lowest BCUT2D eigenvalue weighted by Gasteiger charge is -2.26. The summed E-state index contributed by atoms with van der Waals surface area (Å²) in [4.78, 5) is 35.8. The summed E-state index contributed by atoms with van der Waals surface area (Å²) in [5, 5.41) is 2.63. The van der Waals surface area contributed by atoms with Crippen molar-refractivity contribution in [2.45, 2.75) is 72.4 Å². The normalized spacial score (nSPS) is 14.2. The molecule has 0 aromatic heterocycles. The molecule has 0 fully saturated rings. The number of ether oxygens (including phenoxy) is 2. The zero-order valence-corrected chi connectivity index (χ0v) is 16.8. The Kier molecular flexibility index (Phi) is 11.3. The van der Waals surface area contributed by atoms with Crippen molar-refractivity contribution in [3.8, 4) is 0 Å². The predicted octanol–water partition coefficient (Wildman–Crippen LogP) is 3.95. The van der Waals surface area contributed by atoms with Crippen LogP contribution in [0.3, 0.4) is 0 Å². The molecule has 0 rings (SSSR count). The minimum absolute atomic E-state index is 0.200. The molecule has 0 saturated carbocycles. The van der Waals surface area contributed by atoms with Crippen molar-refractivity contribution in [3.63, 3.8) is 0 Å². The van der Waals surface area contributed by atoms with Crippen molar-refractivity contribution in [1.29, 1.82) is 0 Å². The number of allylic oxidation sites excluding steroid dienone is 2. The lowest BCUT2D eigenvalue weighted by molar-refractivity contribution is -0.137. The molecule has 2 atom stereocenters. The lowest BCUT2D eigenvalue weighted by Crippen LogP contribution is -2.46. The van der Waals surface area contributed by atoms with Crippen LogP contribution in [-0.4, -0.2) is 36.1 Å². The van der Waals surface area contributed by atoms with Crippen molar-refractivity contribution >= 4 is 17.8 Å². The van der Waals surface area contributed by atoms with E-state index in [9.17, 15) is 14.4 Å². The number of hydrogen-bond donors (Lipinski definition) is 1. The summed E-state index contributed by atoms with van der Waals surface area (Å²) in [5.41, 5.74) is -0.661. The van der Waals surface area contributed by atoms with E-state index < -0.39 is 23.7 Å². The second-order valence-corrected chi connectivity index (χ2v) is 6.97. The van der Waals surface area contributed by atoms with Gasteiger partial charge in [-0.2, -0.15) is 0 Å². The fraction of sp³-hybridized carbons (Fsp3) is 0.650. The van der Waals surface area contributed by atoms with Crippen molar-refractivity contribution in [2.75, 3.05) is 6.61 Å². The highest BCUT2D eigenvalue weighted by Crippen LogP contribution is 2.17. The first kappa shape index (κ1) is 23.9. The van der Waals surface area contributed by atoms with Gasteiger partial charge < -0.3 is 14.8 Å². The van der Waals surface area contributed by atoms with E-state index in [2.05, 4.69) is 5.32 Å². The number of hydrogen-bond acceptors (Lipinski definition) is 5. The third-order valence-electron chi connectivity index (χ3n) is 3.37. The van der Waals surface area contributed by atoms with Crippen LogP contribution in [0, 0.1) is 5.92 Å². The fourth-order valence-electron chi connectivity index (χ4n) is 2.28. The minimum atomic E-state index is -0.773. The maximum Gasteiger partial charge on any atom is 0.408 e. The molecule has 0 aromatic carbocycles. The van der Waals surface area contributed by atoms with E-state index in [1.807, 2.05) is 19.1 Å². The Hall–Kier alpha value is -2.11. The monoisotopic (exact) mass is 367 g/mol. The van der Waals surface area contributed by atoms with E-state index in [0.29, 0.717) is 6.42 Å². The molecule has 0 saturated heterocycles. The van der Waals surface area contributed by atoms with Crippen LogP contribution >= 0.6 is 0 Å². The van der Waals surface area contributed by atoms with E-state index in [1.54, 1.807) is 33.8 Å². The van der Waals surface area contributed by atoms with Gasteiger partial charge in [-0.3, -0.25) is 4.79 Å². The lowest BCUT2D eigenvalue weighted by atomic mass is 9.91. The van der Waals surface area contributed by atoms with Crippen LogP contribution in [0.15, 0.2) is 24.3 Å². The summed E-state index contributed by atoms with van der Waals surface area (Å²) >= 11 is 0. The van der Waals surface area contributed by atoms with Gasteiger partial charge in [-0.15, -0.1) is 0 Å². The van der Waals surface area contributed by atoms with Gasteiger partial charge in [0.2, 0.25) is 0 Å². The van der Waals surface area contributed by atoms with Gasteiger partial charge >= 0.3 is 12.1 Å². The molecule has 1 N–H and O–H groups in total. The molecule has 148 valence electrons. The van der Waals surface area contributed by atoms with Crippen LogP contribution in [0.4, 0.5) is 4.79 Å². The Labute approximate surface area is 157 Å². The summed E-state index contributed by atoms with van der Waals surface area (Å²) in [6.07, 6.45) is 8.60. The molecule has 0 aliphatic heterocycles. The average Bonchev–Trinajstić information content (AvgIpc) is 2.50. The smallest absolute Gasteiger partial charge is 0.408 e. The third kappa shape index (κ3) is 11.4. The molecule has 0 heterocycles. The van der Waals surface area contributed by atoms with E-state index in [1.165, 1.54) is 13.0 Å². The quantitative estimate of drug-likeness (QED) is 0.359. The van der Waals surface area contributed by atoms with Crippen LogP contribution in [0.25, 0.3) is 0 Å². The highest BCUT2D eigenvalue weighted by atomic mass is 16.6. The standard InChI is InChI=1S/C20H33NO5/c1-7-9-10-11-12-16(13-14-17(23)25-8-2)18(15(3)22)21-19(24)26-20(4,5)6/h9-10,13-14,16,18H,7-8,11-12H2,1-6H3,(H,21,24)/b10-9-,14-13+. The second kappa shape index (κ2) is 12.3. The summed E-state index contributed by atoms with van der Waals surface area (Å²) in [5.74, 6) is -1.01. The topological polar surface area (TPSA) is 81.7 Å². The van der Waals surface area contributed by atoms with Crippen molar-refractivity contribution in [3.05, 3.63) is 24.3 Å². The van der Waals surface area contributed by atoms with E-state index in [4.69, 9.17) is 9.47 Å². The van der Waals surface area contributed by atoms with Gasteiger partial charge in [0.1, 0.15) is 5.60 Å². The first-order valence-electron chi connectivity index (χ1n) is 9.10. The molecule has 0 aliphatic carbocycles. The number of esters is 1. The summed E-state index contributed by atoms with van der Waals surface area (Å²) in [6.45, 7) is 10.7. The Bertz CT molecular complexity index is 517. The maximum atomic E-state index is 12.1. The predicted molar refractivity (Wildman–Crippen MR) is 102 cm³/mol. The molecular weight excluding hydrogens is 334 g/mol. The molecule has 6 nitrogen and oxygen atoms in total. The zero-order valence-electron chi connectivity index (χ0n) is 16.8. The van der Waals surface area contributed by atoms with E-state index in [-0.39, 0.29) is 18.3 Å². The van der Waals surface area contributed by atoms with Crippen molar-refractivity contribution in [1.82, 2.24) is 5.32 Å². The number of amides is 1. The van der Waals surface area contributed by atoms with Crippen LogP contribution < -0.4 is 5.32 Å². The molecule has 0 aliphatic rings. The van der Waals surface area contributed by atoms with Crippen LogP contribution in [0.5, 0.6) is 0 Å². The van der Waals surface area contributed by atoms with Gasteiger partial charge in [-0.1, -0.05) is 25.2 Å². The second-order valence-electron chi connectivity index (χ2n) is 6.97. The number of Topliss-reactive ketones (excluding diaryl/α,β-unsaturated/α-hetero) is 1. The van der Waals surface area contributed by atoms with Gasteiger partial charge in [-0.25, -0.2) is 9.59 Å². The Morgan fingerprint density at radius 3 is 2.27 bits per heavy atom. The Morgan fingerprint density at radius 1 is 1.12 bits per heavy atom. The average molecular weight is 367 g/mol. The van der Waals surface area contributed by atoms with Crippen LogP contribution in [-0.2, 0) is 19.1 Å². The number of carbonyl (C=O) groups is 3. The zero-order chi connectivity index (χ0) is 20.2. The molecule has 1 amide bonds. The molecule has 0 bridgehead atoms. The van der Waals surface area contributed by atoms with Crippen molar-refractivity contribution in [2.24, 2.45) is 5.92 Å². The molecular formula is C20H33NO5.